The fourth-order valence-electron chi connectivity index (χ4n) is 1.90. The first kappa shape index (κ1) is 12.3. The number of nitro groups is 1. The number of benzene rings is 1. The first-order valence-electron chi connectivity index (χ1n) is 5.77. The first-order valence-corrected chi connectivity index (χ1v) is 5.77. The number of hydrogen-bond donors (Lipinski definition) is 2. The second-order valence-corrected chi connectivity index (χ2v) is 4.56. The van der Waals surface area contributed by atoms with Crippen molar-refractivity contribution in [1.29, 1.82) is 0 Å². The van der Waals surface area contributed by atoms with E-state index >= 15 is 0 Å². The van der Waals surface area contributed by atoms with Crippen molar-refractivity contribution in [3.8, 4) is 0 Å². The molecule has 6 nitrogen and oxygen atoms in total. The van der Waals surface area contributed by atoms with Crippen molar-refractivity contribution in [1.82, 2.24) is 0 Å². The van der Waals surface area contributed by atoms with Crippen LogP contribution in [0.4, 0.5) is 11.4 Å². The van der Waals surface area contributed by atoms with E-state index in [1.165, 1.54) is 18.2 Å². The molecule has 2 N–H and O–H groups in total. The van der Waals surface area contributed by atoms with Gasteiger partial charge in [0.15, 0.2) is 0 Å². The van der Waals surface area contributed by atoms with Crippen LogP contribution in [0.2, 0.25) is 0 Å². The van der Waals surface area contributed by atoms with Crippen LogP contribution in [0, 0.1) is 16.0 Å². The molecule has 0 radical (unpaired) electrons. The summed E-state index contributed by atoms with van der Waals surface area (Å²) < 4.78 is 0. The third-order valence-electron chi connectivity index (χ3n) is 3.15. The summed E-state index contributed by atoms with van der Waals surface area (Å²) in [5, 5.41) is 22.8. The van der Waals surface area contributed by atoms with Crippen LogP contribution < -0.4 is 5.32 Å². The van der Waals surface area contributed by atoms with E-state index < -0.39 is 10.9 Å². The highest BCUT2D eigenvalue weighted by molar-refractivity contribution is 5.90. The second kappa shape index (κ2) is 4.64. The molecule has 1 unspecified atom stereocenters. The molecule has 1 saturated carbocycles. The maximum Gasteiger partial charge on any atom is 0.335 e. The quantitative estimate of drug-likeness (QED) is 0.618. The standard InChI is InChI=1S/C12H14N2O4/c1-7(8-2-3-8)13-10-6-9(12(15)16)4-5-11(10)14(17)18/h4-8,13H,2-3H2,1H3,(H,15,16). The Hall–Kier alpha value is -2.11. The Morgan fingerprint density at radius 3 is 2.72 bits per heavy atom. The lowest BCUT2D eigenvalue weighted by Crippen LogP contribution is -2.18. The minimum absolute atomic E-state index is 0.0473. The summed E-state index contributed by atoms with van der Waals surface area (Å²) in [7, 11) is 0. The molecule has 0 aromatic heterocycles. The predicted molar refractivity (Wildman–Crippen MR) is 65.9 cm³/mol. The van der Waals surface area contributed by atoms with Crippen molar-refractivity contribution in [3.05, 3.63) is 33.9 Å². The summed E-state index contributed by atoms with van der Waals surface area (Å²) in [5.41, 5.74) is 0.234. The highest BCUT2D eigenvalue weighted by Crippen LogP contribution is 2.35. The van der Waals surface area contributed by atoms with Crippen molar-refractivity contribution in [3.63, 3.8) is 0 Å². The molecule has 1 aromatic carbocycles. The smallest absolute Gasteiger partial charge is 0.335 e. The highest BCUT2D eigenvalue weighted by Gasteiger charge is 2.29. The van der Waals surface area contributed by atoms with Gasteiger partial charge in [-0.1, -0.05) is 0 Å². The molecule has 0 spiro atoms. The van der Waals surface area contributed by atoms with Gasteiger partial charge in [-0.15, -0.1) is 0 Å². The van der Waals surface area contributed by atoms with Gasteiger partial charge in [0.25, 0.3) is 5.69 Å². The molecule has 0 bridgehead atoms. The number of nitrogens with one attached hydrogen (secondary N) is 1. The number of carbonyl (C=O) groups is 1. The Kier molecular flexibility index (Phi) is 3.18. The molecule has 0 amide bonds. The van der Waals surface area contributed by atoms with E-state index in [0.717, 1.165) is 12.8 Å². The monoisotopic (exact) mass is 250 g/mol. The zero-order valence-corrected chi connectivity index (χ0v) is 9.92. The lowest BCUT2D eigenvalue weighted by Gasteiger charge is -2.14. The van der Waals surface area contributed by atoms with Gasteiger partial charge in [-0.2, -0.15) is 0 Å². The zero-order valence-electron chi connectivity index (χ0n) is 9.92. The van der Waals surface area contributed by atoms with Crippen LogP contribution in [0.25, 0.3) is 0 Å². The molecule has 0 heterocycles. The molecule has 0 saturated heterocycles. The average Bonchev–Trinajstić information content (AvgIpc) is 3.12. The molecule has 1 aliphatic rings. The molecule has 1 fully saturated rings. The molecular weight excluding hydrogens is 236 g/mol. The van der Waals surface area contributed by atoms with Crippen LogP contribution in [0.5, 0.6) is 0 Å². The minimum Gasteiger partial charge on any atom is -0.478 e. The summed E-state index contributed by atoms with van der Waals surface area (Å²) in [4.78, 5) is 21.3. The van der Waals surface area contributed by atoms with Gasteiger partial charge >= 0.3 is 5.97 Å². The zero-order chi connectivity index (χ0) is 13.3. The molecular formula is C12H14N2O4. The van der Waals surface area contributed by atoms with Crippen LogP contribution in [0.1, 0.15) is 30.1 Å². The van der Waals surface area contributed by atoms with Crippen molar-refractivity contribution >= 4 is 17.3 Å². The molecule has 0 aliphatic heterocycles. The number of rotatable bonds is 5. The molecule has 6 heteroatoms. The van der Waals surface area contributed by atoms with E-state index in [2.05, 4.69) is 5.32 Å². The largest absolute Gasteiger partial charge is 0.478 e. The van der Waals surface area contributed by atoms with E-state index in [-0.39, 0.29) is 23.0 Å². The SMILES string of the molecule is CC(Nc1cc(C(=O)O)ccc1[N+](=O)[O-])C1CC1. The van der Waals surface area contributed by atoms with Gasteiger partial charge in [0, 0.05) is 12.1 Å². The van der Waals surface area contributed by atoms with Crippen LogP contribution in [-0.2, 0) is 0 Å². The third-order valence-corrected chi connectivity index (χ3v) is 3.15. The van der Waals surface area contributed by atoms with Gasteiger partial charge in [-0.05, 0) is 37.8 Å². The van der Waals surface area contributed by atoms with E-state index in [9.17, 15) is 14.9 Å². The van der Waals surface area contributed by atoms with E-state index in [1.54, 1.807) is 0 Å². The lowest BCUT2D eigenvalue weighted by molar-refractivity contribution is -0.384. The number of anilines is 1. The Labute approximate surface area is 104 Å². The van der Waals surface area contributed by atoms with Crippen molar-refractivity contribution in [2.75, 3.05) is 5.32 Å². The topological polar surface area (TPSA) is 92.5 Å². The number of carboxylic acids is 1. The summed E-state index contributed by atoms with van der Waals surface area (Å²) in [6.07, 6.45) is 2.22. The summed E-state index contributed by atoms with van der Waals surface area (Å²) in [6.45, 7) is 1.95. The second-order valence-electron chi connectivity index (χ2n) is 4.56. The van der Waals surface area contributed by atoms with Gasteiger partial charge in [0.2, 0.25) is 0 Å². The average molecular weight is 250 g/mol. The van der Waals surface area contributed by atoms with Crippen molar-refractivity contribution in [2.24, 2.45) is 5.92 Å². The summed E-state index contributed by atoms with van der Waals surface area (Å²) in [6, 6.07) is 3.91. The summed E-state index contributed by atoms with van der Waals surface area (Å²) >= 11 is 0. The molecule has 1 aromatic rings. The number of carboxylic acid groups (broad SMARTS) is 1. The lowest BCUT2D eigenvalue weighted by atomic mass is 10.1. The van der Waals surface area contributed by atoms with Crippen LogP contribution >= 0.6 is 0 Å². The van der Waals surface area contributed by atoms with Gasteiger partial charge in [0.1, 0.15) is 5.69 Å². The fraction of sp³-hybridized carbons (Fsp3) is 0.417. The Morgan fingerprint density at radius 2 is 2.22 bits per heavy atom. The highest BCUT2D eigenvalue weighted by atomic mass is 16.6. The number of hydrogen-bond acceptors (Lipinski definition) is 4. The Bertz CT molecular complexity index is 497. The van der Waals surface area contributed by atoms with Crippen molar-refractivity contribution in [2.45, 2.75) is 25.8 Å². The van der Waals surface area contributed by atoms with Crippen LogP contribution in [0.3, 0.4) is 0 Å². The molecule has 2 rings (SSSR count). The minimum atomic E-state index is -1.09. The number of nitro benzene ring substituents is 1. The maximum atomic E-state index is 10.9. The predicted octanol–water partition coefficient (Wildman–Crippen LogP) is 2.50. The Morgan fingerprint density at radius 1 is 1.56 bits per heavy atom. The van der Waals surface area contributed by atoms with Crippen LogP contribution in [0.15, 0.2) is 18.2 Å². The first-order chi connectivity index (χ1) is 8.49. The summed E-state index contributed by atoms with van der Waals surface area (Å²) in [5.74, 6) is -0.565. The van der Waals surface area contributed by atoms with Gasteiger partial charge < -0.3 is 10.4 Å². The number of aromatic carboxylic acids is 1. The van der Waals surface area contributed by atoms with E-state index in [0.29, 0.717) is 5.92 Å². The molecule has 18 heavy (non-hydrogen) atoms. The Balaban J connectivity index is 2.30. The third kappa shape index (κ3) is 2.58. The van der Waals surface area contributed by atoms with Gasteiger partial charge in [-0.3, -0.25) is 10.1 Å². The van der Waals surface area contributed by atoms with Gasteiger partial charge in [-0.25, -0.2) is 4.79 Å². The van der Waals surface area contributed by atoms with Crippen LogP contribution in [-0.4, -0.2) is 22.0 Å². The molecule has 1 aliphatic carbocycles. The maximum absolute atomic E-state index is 10.9. The molecule has 1 atom stereocenters. The number of nitrogens with zero attached hydrogens (tertiary/aromatic N) is 1. The molecule has 96 valence electrons. The van der Waals surface area contributed by atoms with Gasteiger partial charge in [0.05, 0.1) is 10.5 Å². The fourth-order valence-corrected chi connectivity index (χ4v) is 1.90. The normalized spacial score (nSPS) is 16.1. The van der Waals surface area contributed by atoms with Crippen molar-refractivity contribution < 1.29 is 14.8 Å². The van der Waals surface area contributed by atoms with E-state index in [1.807, 2.05) is 6.92 Å². The van der Waals surface area contributed by atoms with E-state index in [4.69, 9.17) is 5.11 Å².